The van der Waals surface area contributed by atoms with E-state index < -0.39 is 0 Å². The smallest absolute Gasteiger partial charge is 0.255 e. The topological polar surface area (TPSA) is 72.1 Å². The van der Waals surface area contributed by atoms with E-state index in [1.165, 1.54) is 12.4 Å². The molecule has 1 amide bonds. The van der Waals surface area contributed by atoms with Crippen molar-refractivity contribution in [3.05, 3.63) is 45.9 Å². The number of nitrogens with zero attached hydrogens (tertiary/aromatic N) is 3. The molecule has 0 radical (unpaired) electrons. The first kappa shape index (κ1) is 14.2. The lowest BCUT2D eigenvalue weighted by atomic mass is 10.2. The molecule has 2 N–H and O–H groups in total. The molecule has 0 aromatic carbocycles. The Morgan fingerprint density at radius 1 is 1.50 bits per heavy atom. The maximum absolute atomic E-state index is 12.1. The van der Waals surface area contributed by atoms with Crippen LogP contribution in [0.5, 0.6) is 0 Å². The second-order valence-electron chi connectivity index (χ2n) is 4.10. The quantitative estimate of drug-likeness (QED) is 0.858. The minimum absolute atomic E-state index is 0.0807. The Kier molecular flexibility index (Phi) is 4.82. The summed E-state index contributed by atoms with van der Waals surface area (Å²) in [6.45, 7) is 0.884. The Morgan fingerprint density at radius 2 is 2.35 bits per heavy atom. The standard InChI is InChI=1S/C14H14N4OS/c1-18(14(19)12-4-6-16-17-8-12)9-13-7-11(10-20-13)3-2-5-15/h4,6-8,10H,5,9,15H2,1H3. The maximum Gasteiger partial charge on any atom is 0.255 e. The molecule has 0 unspecified atom stereocenters. The van der Waals surface area contributed by atoms with Crippen molar-refractivity contribution in [1.29, 1.82) is 0 Å². The van der Waals surface area contributed by atoms with Gasteiger partial charge in [-0.3, -0.25) is 4.79 Å². The van der Waals surface area contributed by atoms with Gasteiger partial charge in [0, 0.05) is 22.9 Å². The van der Waals surface area contributed by atoms with Gasteiger partial charge in [0.05, 0.1) is 31.0 Å². The fourth-order valence-electron chi connectivity index (χ4n) is 1.63. The molecule has 102 valence electrons. The zero-order valence-electron chi connectivity index (χ0n) is 11.0. The first-order valence-corrected chi connectivity index (χ1v) is 6.87. The van der Waals surface area contributed by atoms with E-state index in [4.69, 9.17) is 5.73 Å². The van der Waals surface area contributed by atoms with Gasteiger partial charge in [-0.1, -0.05) is 11.8 Å². The summed E-state index contributed by atoms with van der Waals surface area (Å²) in [6, 6.07) is 3.63. The molecule has 0 spiro atoms. The Hall–Kier alpha value is -2.23. The normalized spacial score (nSPS) is 9.70. The highest BCUT2D eigenvalue weighted by molar-refractivity contribution is 7.10. The van der Waals surface area contributed by atoms with Crippen molar-refractivity contribution < 1.29 is 4.79 Å². The summed E-state index contributed by atoms with van der Waals surface area (Å²) in [4.78, 5) is 14.9. The molecule has 6 heteroatoms. The highest BCUT2D eigenvalue weighted by Crippen LogP contribution is 2.16. The van der Waals surface area contributed by atoms with Gasteiger partial charge in [-0.25, -0.2) is 0 Å². The van der Waals surface area contributed by atoms with Crippen LogP contribution < -0.4 is 5.73 Å². The molecule has 5 nitrogen and oxygen atoms in total. The van der Waals surface area contributed by atoms with Gasteiger partial charge in [-0.15, -0.1) is 11.3 Å². The monoisotopic (exact) mass is 286 g/mol. The average molecular weight is 286 g/mol. The van der Waals surface area contributed by atoms with E-state index in [1.807, 2.05) is 11.4 Å². The van der Waals surface area contributed by atoms with Crippen molar-refractivity contribution in [3.8, 4) is 11.8 Å². The molecule has 0 aliphatic rings. The number of aromatic nitrogens is 2. The van der Waals surface area contributed by atoms with Crippen LogP contribution in [0.25, 0.3) is 0 Å². The van der Waals surface area contributed by atoms with Crippen LogP contribution in [0.3, 0.4) is 0 Å². The van der Waals surface area contributed by atoms with Crippen molar-refractivity contribution in [3.63, 3.8) is 0 Å². The molecule has 0 fully saturated rings. The minimum Gasteiger partial charge on any atom is -0.337 e. The predicted octanol–water partition coefficient (Wildman–Crippen LogP) is 1.12. The van der Waals surface area contributed by atoms with Gasteiger partial charge in [0.1, 0.15) is 0 Å². The highest BCUT2D eigenvalue weighted by Gasteiger charge is 2.12. The van der Waals surface area contributed by atoms with Gasteiger partial charge in [-0.2, -0.15) is 10.2 Å². The molecule has 2 aromatic rings. The number of amides is 1. The number of hydrogen-bond donors (Lipinski definition) is 1. The van der Waals surface area contributed by atoms with Crippen molar-refractivity contribution in [1.82, 2.24) is 15.1 Å². The number of hydrogen-bond acceptors (Lipinski definition) is 5. The van der Waals surface area contributed by atoms with Gasteiger partial charge < -0.3 is 10.6 Å². The van der Waals surface area contributed by atoms with E-state index in [0.29, 0.717) is 18.7 Å². The number of thiophene rings is 1. The fourth-order valence-corrected chi connectivity index (χ4v) is 2.49. The van der Waals surface area contributed by atoms with Gasteiger partial charge >= 0.3 is 0 Å². The SMILES string of the molecule is CN(Cc1cc(C#CCN)cs1)C(=O)c1ccnnc1. The minimum atomic E-state index is -0.0807. The van der Waals surface area contributed by atoms with Gasteiger partial charge in [0.2, 0.25) is 0 Å². The van der Waals surface area contributed by atoms with Gasteiger partial charge in [0.15, 0.2) is 0 Å². The first-order chi connectivity index (χ1) is 9.70. The zero-order valence-corrected chi connectivity index (χ0v) is 11.9. The maximum atomic E-state index is 12.1. The number of nitrogens with two attached hydrogens (primary N) is 1. The Labute approximate surface area is 121 Å². The molecule has 0 aliphatic heterocycles. The summed E-state index contributed by atoms with van der Waals surface area (Å²) >= 11 is 1.58. The third-order valence-electron chi connectivity index (χ3n) is 2.56. The molecule has 0 bridgehead atoms. The number of carbonyl (C=O) groups is 1. The van der Waals surface area contributed by atoms with Crippen molar-refractivity contribution in [2.45, 2.75) is 6.54 Å². The molecule has 2 aromatic heterocycles. The fraction of sp³-hybridized carbons (Fsp3) is 0.214. The number of carbonyl (C=O) groups excluding carboxylic acids is 1. The molecule has 0 atom stereocenters. The average Bonchev–Trinajstić information content (AvgIpc) is 2.92. The van der Waals surface area contributed by atoms with E-state index in [2.05, 4.69) is 22.0 Å². The van der Waals surface area contributed by atoms with E-state index >= 15 is 0 Å². The summed E-state index contributed by atoms with van der Waals surface area (Å²) < 4.78 is 0. The van der Waals surface area contributed by atoms with Crippen LogP contribution in [0, 0.1) is 11.8 Å². The van der Waals surface area contributed by atoms with Crippen LogP contribution in [0.4, 0.5) is 0 Å². The Morgan fingerprint density at radius 3 is 3.05 bits per heavy atom. The third-order valence-corrected chi connectivity index (χ3v) is 3.48. The summed E-state index contributed by atoms with van der Waals surface area (Å²) in [6.07, 6.45) is 2.97. The lowest BCUT2D eigenvalue weighted by Gasteiger charge is -2.15. The van der Waals surface area contributed by atoms with E-state index in [9.17, 15) is 4.79 Å². The molecular weight excluding hydrogens is 272 g/mol. The third kappa shape index (κ3) is 3.63. The van der Waals surface area contributed by atoms with Gasteiger partial charge in [0.25, 0.3) is 5.91 Å². The van der Waals surface area contributed by atoms with Crippen LogP contribution in [0.15, 0.2) is 29.9 Å². The molecule has 20 heavy (non-hydrogen) atoms. The molecule has 2 rings (SSSR count). The van der Waals surface area contributed by atoms with E-state index in [-0.39, 0.29) is 5.91 Å². The van der Waals surface area contributed by atoms with Crippen molar-refractivity contribution in [2.75, 3.05) is 13.6 Å². The second-order valence-corrected chi connectivity index (χ2v) is 5.10. The van der Waals surface area contributed by atoms with Crippen LogP contribution in [0.1, 0.15) is 20.8 Å². The van der Waals surface area contributed by atoms with Crippen LogP contribution in [-0.4, -0.2) is 34.6 Å². The van der Waals surface area contributed by atoms with Crippen LogP contribution in [-0.2, 0) is 6.54 Å². The second kappa shape index (κ2) is 6.80. The van der Waals surface area contributed by atoms with Crippen molar-refractivity contribution in [2.24, 2.45) is 5.73 Å². The first-order valence-electron chi connectivity index (χ1n) is 5.99. The Bertz CT molecular complexity index is 642. The summed E-state index contributed by atoms with van der Waals surface area (Å²) in [5.41, 5.74) is 6.80. The molecule has 0 saturated carbocycles. The zero-order chi connectivity index (χ0) is 14.4. The highest BCUT2D eigenvalue weighted by atomic mass is 32.1. The van der Waals surface area contributed by atoms with Gasteiger partial charge in [-0.05, 0) is 12.1 Å². The largest absolute Gasteiger partial charge is 0.337 e. The number of rotatable bonds is 3. The van der Waals surface area contributed by atoms with Crippen LogP contribution in [0.2, 0.25) is 0 Å². The van der Waals surface area contributed by atoms with E-state index in [0.717, 1.165) is 10.4 Å². The van der Waals surface area contributed by atoms with Crippen molar-refractivity contribution >= 4 is 17.2 Å². The summed E-state index contributed by atoms with van der Waals surface area (Å²) in [7, 11) is 1.76. The van der Waals surface area contributed by atoms with E-state index in [1.54, 1.807) is 29.4 Å². The lowest BCUT2D eigenvalue weighted by Crippen LogP contribution is -2.25. The Balaban J connectivity index is 2.02. The lowest BCUT2D eigenvalue weighted by molar-refractivity contribution is 0.0786. The van der Waals surface area contributed by atoms with Crippen LogP contribution >= 0.6 is 11.3 Å². The predicted molar refractivity (Wildman–Crippen MR) is 78.1 cm³/mol. The molecule has 0 saturated heterocycles. The summed E-state index contributed by atoms with van der Waals surface area (Å²) in [5, 5.41) is 9.33. The molecule has 2 heterocycles. The molecular formula is C14H14N4OS. The summed E-state index contributed by atoms with van der Waals surface area (Å²) in [5.74, 6) is 5.70. The molecule has 0 aliphatic carbocycles.